The lowest BCUT2D eigenvalue weighted by Crippen LogP contribution is -2.30. The molecule has 3 aromatic carbocycles. The highest BCUT2D eigenvalue weighted by Gasteiger charge is 2.32. The molecule has 1 amide bonds. The third kappa shape index (κ3) is 4.70. The number of amides is 1. The second kappa shape index (κ2) is 10.2. The maximum atomic E-state index is 14.9. The molecule has 1 aromatic heterocycles. The van der Waals surface area contributed by atoms with Crippen molar-refractivity contribution in [1.82, 2.24) is 4.98 Å². The van der Waals surface area contributed by atoms with Crippen LogP contribution in [0.1, 0.15) is 30.1 Å². The molecule has 4 rings (SSSR count). The van der Waals surface area contributed by atoms with E-state index in [-0.39, 0.29) is 17.3 Å². The highest BCUT2D eigenvalue weighted by Crippen LogP contribution is 2.38. The van der Waals surface area contributed by atoms with Crippen LogP contribution in [0.5, 0.6) is 0 Å². The van der Waals surface area contributed by atoms with Crippen LogP contribution in [0.2, 0.25) is 5.02 Å². The molecular formula is C25H20ClF4N3OS. The molecule has 0 bridgehead atoms. The fourth-order valence-corrected chi connectivity index (χ4v) is 4.76. The Bertz CT molecular complexity index is 1360. The van der Waals surface area contributed by atoms with Gasteiger partial charge in [-0.2, -0.15) is 0 Å². The molecule has 1 N–H and O–H groups in total. The minimum absolute atomic E-state index is 0.116. The molecule has 0 atom stereocenters. The molecule has 0 aliphatic carbocycles. The Morgan fingerprint density at radius 2 is 1.74 bits per heavy atom. The van der Waals surface area contributed by atoms with Crippen molar-refractivity contribution < 1.29 is 22.4 Å². The van der Waals surface area contributed by atoms with Crippen molar-refractivity contribution >= 4 is 50.4 Å². The summed E-state index contributed by atoms with van der Waals surface area (Å²) in [6.45, 7) is 1.97. The molecule has 0 radical (unpaired) electrons. The zero-order chi connectivity index (χ0) is 25.3. The van der Waals surface area contributed by atoms with E-state index in [1.807, 2.05) is 31.2 Å². The molecule has 0 saturated heterocycles. The second-order valence-corrected chi connectivity index (χ2v) is 9.27. The Morgan fingerprint density at radius 1 is 1.06 bits per heavy atom. The van der Waals surface area contributed by atoms with Gasteiger partial charge in [0.25, 0.3) is 5.91 Å². The summed E-state index contributed by atoms with van der Waals surface area (Å²) in [4.78, 5) is 18.6. The summed E-state index contributed by atoms with van der Waals surface area (Å²) in [6.07, 6.45) is 1.24. The van der Waals surface area contributed by atoms with Crippen molar-refractivity contribution in [2.45, 2.75) is 19.8 Å². The number of benzene rings is 3. The number of para-hydroxylation sites is 1. The summed E-state index contributed by atoms with van der Waals surface area (Å²) in [5.74, 6) is -8.14. The van der Waals surface area contributed by atoms with Crippen LogP contribution in [0.3, 0.4) is 0 Å². The van der Waals surface area contributed by atoms with Gasteiger partial charge in [-0.25, -0.2) is 22.5 Å². The molecule has 35 heavy (non-hydrogen) atoms. The van der Waals surface area contributed by atoms with Gasteiger partial charge in [0.1, 0.15) is 16.3 Å². The normalized spacial score (nSPS) is 11.2. The maximum Gasteiger partial charge on any atom is 0.264 e. The Balaban J connectivity index is 1.77. The first-order valence-electron chi connectivity index (χ1n) is 10.8. The molecule has 4 aromatic rings. The standard InChI is InChI=1S/C25H20ClF4N3OS/c1-3-4-11-31-23-21(29)19(27)18(20(28)22(23)30)25(34)33(2)16-12-13(26)9-10-14(16)24-32-15-7-5-6-8-17(15)35-24/h5-10,12,31H,3-4,11H2,1-2H3. The molecule has 0 spiro atoms. The van der Waals surface area contributed by atoms with E-state index in [4.69, 9.17) is 11.6 Å². The van der Waals surface area contributed by atoms with Crippen LogP contribution in [0.15, 0.2) is 42.5 Å². The number of carbonyl (C=O) groups is 1. The van der Waals surface area contributed by atoms with Gasteiger partial charge in [-0.3, -0.25) is 4.79 Å². The Kier molecular flexibility index (Phi) is 7.28. The van der Waals surface area contributed by atoms with Gasteiger partial charge < -0.3 is 10.2 Å². The average Bonchev–Trinajstić information content (AvgIpc) is 3.28. The number of anilines is 2. The molecule has 0 unspecified atom stereocenters. The number of nitrogens with zero attached hydrogens (tertiary/aromatic N) is 2. The third-order valence-electron chi connectivity index (χ3n) is 5.46. The number of fused-ring (bicyclic) bond motifs is 1. The average molecular weight is 522 g/mol. The first-order valence-corrected chi connectivity index (χ1v) is 12.0. The molecule has 0 saturated carbocycles. The first-order chi connectivity index (χ1) is 16.7. The summed E-state index contributed by atoms with van der Waals surface area (Å²) in [5, 5.41) is 3.14. The summed E-state index contributed by atoms with van der Waals surface area (Å²) in [6, 6.07) is 12.0. The lowest BCUT2D eigenvalue weighted by Gasteiger charge is -2.22. The number of hydrogen-bond acceptors (Lipinski definition) is 4. The van der Waals surface area contributed by atoms with E-state index in [0.717, 1.165) is 15.1 Å². The van der Waals surface area contributed by atoms with Crippen molar-refractivity contribution in [2.24, 2.45) is 0 Å². The third-order valence-corrected chi connectivity index (χ3v) is 6.76. The fraction of sp³-hybridized carbons (Fsp3) is 0.200. The molecule has 1 heterocycles. The molecule has 0 aliphatic rings. The summed E-state index contributed by atoms with van der Waals surface area (Å²) in [7, 11) is 1.24. The predicted molar refractivity (Wildman–Crippen MR) is 132 cm³/mol. The summed E-state index contributed by atoms with van der Waals surface area (Å²) in [5.41, 5.74) is -0.906. The summed E-state index contributed by atoms with van der Waals surface area (Å²) < 4.78 is 59.9. The largest absolute Gasteiger partial charge is 0.380 e. The van der Waals surface area contributed by atoms with E-state index in [2.05, 4.69) is 10.3 Å². The van der Waals surface area contributed by atoms with Crippen molar-refractivity contribution in [3.05, 3.63) is 76.3 Å². The Morgan fingerprint density at radius 3 is 2.40 bits per heavy atom. The van der Waals surface area contributed by atoms with Gasteiger partial charge in [-0.1, -0.05) is 37.1 Å². The van der Waals surface area contributed by atoms with Crippen LogP contribution in [0, 0.1) is 23.3 Å². The van der Waals surface area contributed by atoms with E-state index < -0.39 is 40.4 Å². The van der Waals surface area contributed by atoms with Crippen molar-refractivity contribution in [2.75, 3.05) is 23.8 Å². The van der Waals surface area contributed by atoms with Gasteiger partial charge in [0, 0.05) is 24.2 Å². The smallest absolute Gasteiger partial charge is 0.264 e. The highest BCUT2D eigenvalue weighted by molar-refractivity contribution is 7.21. The van der Waals surface area contributed by atoms with Gasteiger partial charge in [0.2, 0.25) is 0 Å². The highest BCUT2D eigenvalue weighted by atomic mass is 35.5. The Hall–Kier alpha value is -3.17. The quantitative estimate of drug-likeness (QED) is 0.154. The number of halogens is 5. The SMILES string of the molecule is CCCCNc1c(F)c(F)c(C(=O)N(C)c2cc(Cl)ccc2-c2nc3ccccc3s2)c(F)c1F. The molecule has 0 aliphatic heterocycles. The topological polar surface area (TPSA) is 45.2 Å². The number of hydrogen-bond donors (Lipinski definition) is 1. The van der Waals surface area contributed by atoms with Crippen LogP contribution in [0.25, 0.3) is 20.8 Å². The zero-order valence-corrected chi connectivity index (χ0v) is 20.3. The molecular weight excluding hydrogens is 502 g/mol. The number of carbonyl (C=O) groups excluding carboxylic acids is 1. The molecule has 10 heteroatoms. The zero-order valence-electron chi connectivity index (χ0n) is 18.8. The molecule has 0 fully saturated rings. The molecule has 182 valence electrons. The predicted octanol–water partition coefficient (Wildman–Crippen LogP) is 7.66. The van der Waals surface area contributed by atoms with Gasteiger partial charge >= 0.3 is 0 Å². The first kappa shape index (κ1) is 24.9. The summed E-state index contributed by atoms with van der Waals surface area (Å²) >= 11 is 7.49. The van der Waals surface area contributed by atoms with E-state index in [0.29, 0.717) is 23.4 Å². The maximum absolute atomic E-state index is 14.9. The van der Waals surface area contributed by atoms with Crippen molar-refractivity contribution in [3.63, 3.8) is 0 Å². The second-order valence-electron chi connectivity index (χ2n) is 7.80. The van der Waals surface area contributed by atoms with Crippen LogP contribution in [0.4, 0.5) is 28.9 Å². The minimum Gasteiger partial charge on any atom is -0.380 e. The number of thiazole rings is 1. The number of unbranched alkanes of at least 4 members (excludes halogenated alkanes) is 1. The van der Waals surface area contributed by atoms with Gasteiger partial charge in [0.15, 0.2) is 23.3 Å². The lowest BCUT2D eigenvalue weighted by molar-refractivity contribution is 0.0982. The van der Waals surface area contributed by atoms with Crippen molar-refractivity contribution in [1.29, 1.82) is 0 Å². The monoisotopic (exact) mass is 521 g/mol. The van der Waals surface area contributed by atoms with Gasteiger partial charge in [0.05, 0.1) is 15.9 Å². The van der Waals surface area contributed by atoms with Crippen LogP contribution < -0.4 is 10.2 Å². The minimum atomic E-state index is -1.77. The number of rotatable bonds is 7. The Labute approximate surface area is 208 Å². The van der Waals surface area contributed by atoms with E-state index in [9.17, 15) is 22.4 Å². The lowest BCUT2D eigenvalue weighted by atomic mass is 10.1. The van der Waals surface area contributed by atoms with E-state index in [1.54, 1.807) is 12.1 Å². The molecule has 4 nitrogen and oxygen atoms in total. The number of aromatic nitrogens is 1. The van der Waals surface area contributed by atoms with E-state index in [1.165, 1.54) is 24.5 Å². The van der Waals surface area contributed by atoms with Crippen LogP contribution in [-0.4, -0.2) is 24.5 Å². The fourth-order valence-electron chi connectivity index (χ4n) is 3.59. The van der Waals surface area contributed by atoms with Crippen LogP contribution in [-0.2, 0) is 0 Å². The van der Waals surface area contributed by atoms with Gasteiger partial charge in [-0.05, 0) is 36.8 Å². The number of nitrogens with one attached hydrogen (secondary N) is 1. The van der Waals surface area contributed by atoms with Crippen molar-refractivity contribution in [3.8, 4) is 10.6 Å². The van der Waals surface area contributed by atoms with Crippen LogP contribution >= 0.6 is 22.9 Å². The van der Waals surface area contributed by atoms with Gasteiger partial charge in [-0.15, -0.1) is 11.3 Å². The van der Waals surface area contributed by atoms with E-state index >= 15 is 0 Å².